The van der Waals surface area contributed by atoms with Gasteiger partial charge in [0.05, 0.1) is 41.0 Å². The summed E-state index contributed by atoms with van der Waals surface area (Å²) in [5, 5.41) is 11.6. The molecule has 1 fully saturated rings. The number of nitriles is 1. The second-order valence-corrected chi connectivity index (χ2v) is 10.9. The number of aromatic nitrogens is 3. The lowest BCUT2D eigenvalue weighted by atomic mass is 9.70. The van der Waals surface area contributed by atoms with Gasteiger partial charge in [0.25, 0.3) is 5.56 Å². The van der Waals surface area contributed by atoms with E-state index in [0.29, 0.717) is 44.6 Å². The quantitative estimate of drug-likeness (QED) is 0.273. The highest BCUT2D eigenvalue weighted by Crippen LogP contribution is 2.43. The Kier molecular flexibility index (Phi) is 5.82. The van der Waals surface area contributed by atoms with Crippen molar-refractivity contribution in [3.8, 4) is 27.9 Å². The van der Waals surface area contributed by atoms with Crippen LogP contribution in [0.2, 0.25) is 5.02 Å². The van der Waals surface area contributed by atoms with Crippen LogP contribution < -0.4 is 16.0 Å². The third kappa shape index (κ3) is 3.71. The number of ether oxygens (including phenoxy) is 1. The molecule has 38 heavy (non-hydrogen) atoms. The van der Waals surface area contributed by atoms with Gasteiger partial charge in [0, 0.05) is 34.0 Å². The first-order valence-electron chi connectivity index (χ1n) is 11.9. The van der Waals surface area contributed by atoms with Crippen molar-refractivity contribution < 1.29 is 9.13 Å². The molecule has 3 aromatic heterocycles. The molecule has 2 aromatic carbocycles. The Morgan fingerprint density at radius 2 is 2.00 bits per heavy atom. The molecule has 1 aliphatic carbocycles. The molecule has 0 amide bonds. The number of hydrogen-bond acceptors (Lipinski definition) is 6. The maximum absolute atomic E-state index is 14.2. The average molecular weight is 547 g/mol. The van der Waals surface area contributed by atoms with Crippen LogP contribution in [-0.2, 0) is 6.54 Å². The second kappa shape index (κ2) is 9.08. The predicted octanol–water partition coefficient (Wildman–Crippen LogP) is 5.92. The molecule has 7 nitrogen and oxygen atoms in total. The highest BCUT2D eigenvalue weighted by atomic mass is 35.5. The molecule has 10 heteroatoms. The van der Waals surface area contributed by atoms with Gasteiger partial charge in [-0.1, -0.05) is 42.3 Å². The van der Waals surface area contributed by atoms with E-state index in [2.05, 4.69) is 11.1 Å². The Balaban J connectivity index is 1.67. The number of rotatable bonds is 5. The van der Waals surface area contributed by atoms with E-state index >= 15 is 0 Å². The summed E-state index contributed by atoms with van der Waals surface area (Å²) in [6, 6.07) is 14.1. The van der Waals surface area contributed by atoms with Crippen LogP contribution in [0.3, 0.4) is 0 Å². The normalized spacial score (nSPS) is 14.4. The molecule has 0 bridgehead atoms. The summed E-state index contributed by atoms with van der Waals surface area (Å²) in [7, 11) is 1.36. The first-order chi connectivity index (χ1) is 18.4. The molecule has 0 N–H and O–H groups in total. The number of fused-ring (bicyclic) bond motifs is 2. The third-order valence-corrected chi connectivity index (χ3v) is 8.68. The van der Waals surface area contributed by atoms with Crippen LogP contribution in [0.1, 0.15) is 19.3 Å². The van der Waals surface area contributed by atoms with Crippen LogP contribution in [-0.4, -0.2) is 21.2 Å². The smallest absolute Gasteiger partial charge is 0.336 e. The van der Waals surface area contributed by atoms with E-state index < -0.39 is 22.5 Å². The van der Waals surface area contributed by atoms with Gasteiger partial charge < -0.3 is 4.74 Å². The maximum Gasteiger partial charge on any atom is 0.336 e. The van der Waals surface area contributed by atoms with E-state index in [1.165, 1.54) is 23.9 Å². The van der Waals surface area contributed by atoms with Gasteiger partial charge in [-0.3, -0.25) is 14.3 Å². The predicted molar refractivity (Wildman–Crippen MR) is 146 cm³/mol. The molecular formula is C28H20ClFN4O3S. The Bertz CT molecular complexity index is 1910. The highest BCUT2D eigenvalue weighted by Gasteiger charge is 2.39. The molecule has 3 heterocycles. The summed E-state index contributed by atoms with van der Waals surface area (Å²) in [4.78, 5) is 32.8. The first-order valence-corrected chi connectivity index (χ1v) is 13.1. The summed E-state index contributed by atoms with van der Waals surface area (Å²) < 4.78 is 22.3. The highest BCUT2D eigenvalue weighted by molar-refractivity contribution is 7.22. The Morgan fingerprint density at radius 1 is 1.21 bits per heavy atom. The van der Waals surface area contributed by atoms with Crippen LogP contribution in [0.4, 0.5) is 4.39 Å². The average Bonchev–Trinajstić information content (AvgIpc) is 3.34. The van der Waals surface area contributed by atoms with E-state index in [0.717, 1.165) is 33.8 Å². The zero-order valence-electron chi connectivity index (χ0n) is 20.2. The number of thiophene rings is 1. The summed E-state index contributed by atoms with van der Waals surface area (Å²) in [5.41, 5.74) is -0.485. The minimum absolute atomic E-state index is 0.0105. The van der Waals surface area contributed by atoms with Gasteiger partial charge in [0.1, 0.15) is 4.70 Å². The Morgan fingerprint density at radius 3 is 2.71 bits per heavy atom. The fourth-order valence-electron chi connectivity index (χ4n) is 5.01. The SMILES string of the molecule is COc1cc(-c2cc3c(s2)c(=O)n(-c2cncc4ccccc24)c(=O)n3CC2(C#N)CCC2)c(Cl)cc1F. The van der Waals surface area contributed by atoms with Crippen LogP contribution in [0.15, 0.2) is 64.4 Å². The van der Waals surface area contributed by atoms with Crippen molar-refractivity contribution in [1.29, 1.82) is 5.26 Å². The van der Waals surface area contributed by atoms with Crippen molar-refractivity contribution in [3.63, 3.8) is 0 Å². The van der Waals surface area contributed by atoms with Crippen LogP contribution >= 0.6 is 22.9 Å². The van der Waals surface area contributed by atoms with Crippen molar-refractivity contribution in [2.45, 2.75) is 25.8 Å². The zero-order chi connectivity index (χ0) is 26.6. The van der Waals surface area contributed by atoms with E-state index in [9.17, 15) is 19.2 Å². The molecule has 0 aliphatic heterocycles. The van der Waals surface area contributed by atoms with Crippen molar-refractivity contribution in [2.75, 3.05) is 7.11 Å². The monoisotopic (exact) mass is 546 g/mol. The molecule has 0 spiro atoms. The lowest BCUT2D eigenvalue weighted by Crippen LogP contribution is -2.43. The van der Waals surface area contributed by atoms with Gasteiger partial charge in [-0.25, -0.2) is 13.8 Å². The summed E-state index contributed by atoms with van der Waals surface area (Å²) in [6.45, 7) is 0.147. The Hall–Kier alpha value is -4.00. The van der Waals surface area contributed by atoms with Gasteiger partial charge in [0.15, 0.2) is 11.6 Å². The molecule has 0 unspecified atom stereocenters. The minimum atomic E-state index is -0.686. The second-order valence-electron chi connectivity index (χ2n) is 9.43. The number of hydrogen-bond donors (Lipinski definition) is 0. The van der Waals surface area contributed by atoms with E-state index in [-0.39, 0.29) is 17.3 Å². The molecule has 0 saturated heterocycles. The molecule has 1 aliphatic rings. The van der Waals surface area contributed by atoms with Crippen LogP contribution in [0, 0.1) is 22.6 Å². The van der Waals surface area contributed by atoms with Crippen molar-refractivity contribution >= 4 is 43.9 Å². The molecular weight excluding hydrogens is 527 g/mol. The van der Waals surface area contributed by atoms with Crippen molar-refractivity contribution in [3.05, 3.63) is 86.5 Å². The van der Waals surface area contributed by atoms with Crippen molar-refractivity contribution in [1.82, 2.24) is 14.1 Å². The van der Waals surface area contributed by atoms with Crippen molar-refractivity contribution in [2.24, 2.45) is 5.41 Å². The molecule has 0 atom stereocenters. The first kappa shape index (κ1) is 24.3. The topological polar surface area (TPSA) is 89.9 Å². The zero-order valence-corrected chi connectivity index (χ0v) is 21.8. The standard InChI is InChI=1S/C28H20ClFN4O3S/c1-37-23-9-18(19(29)10-20(23)30)24-11-21-25(38-24)26(35)34(22-13-32-12-16-5-2-3-6-17(16)22)27(36)33(21)15-28(14-31)7-4-8-28/h2-3,5-6,9-13H,4,7-8,15H2,1H3. The lowest BCUT2D eigenvalue weighted by molar-refractivity contribution is 0.181. The van der Waals surface area contributed by atoms with E-state index in [1.807, 2.05) is 24.3 Å². The molecule has 0 radical (unpaired) electrons. The Labute approximate surface area is 224 Å². The van der Waals surface area contributed by atoms with Gasteiger partial charge in [-0.15, -0.1) is 11.3 Å². The number of halogens is 2. The molecule has 1 saturated carbocycles. The van der Waals surface area contributed by atoms with Crippen LogP contribution in [0.25, 0.3) is 37.1 Å². The van der Waals surface area contributed by atoms with Gasteiger partial charge in [-0.2, -0.15) is 5.26 Å². The van der Waals surface area contributed by atoms with Gasteiger partial charge in [-0.05, 0) is 31.0 Å². The summed E-state index contributed by atoms with van der Waals surface area (Å²) in [6.07, 6.45) is 5.42. The van der Waals surface area contributed by atoms with Gasteiger partial charge in [0.2, 0.25) is 0 Å². The fourth-order valence-corrected chi connectivity index (χ4v) is 6.44. The van der Waals surface area contributed by atoms with Crippen LogP contribution in [0.5, 0.6) is 5.75 Å². The number of benzene rings is 2. The van der Waals surface area contributed by atoms with E-state index in [4.69, 9.17) is 16.3 Å². The third-order valence-electron chi connectivity index (χ3n) is 7.23. The number of nitrogens with zero attached hydrogens (tertiary/aromatic N) is 4. The number of methoxy groups -OCH3 is 1. The van der Waals surface area contributed by atoms with Gasteiger partial charge >= 0.3 is 5.69 Å². The minimum Gasteiger partial charge on any atom is -0.494 e. The lowest BCUT2D eigenvalue weighted by Gasteiger charge is -2.35. The summed E-state index contributed by atoms with van der Waals surface area (Å²) in [5.74, 6) is -0.595. The fraction of sp³-hybridized carbons (Fsp3) is 0.214. The summed E-state index contributed by atoms with van der Waals surface area (Å²) >= 11 is 7.55. The molecule has 6 rings (SSSR count). The maximum atomic E-state index is 14.2. The largest absolute Gasteiger partial charge is 0.494 e. The molecule has 5 aromatic rings. The van der Waals surface area contributed by atoms with E-state index in [1.54, 1.807) is 12.3 Å². The molecule has 190 valence electrons. The number of pyridine rings is 1.